The van der Waals surface area contributed by atoms with E-state index in [1.165, 1.54) is 0 Å². The molecule has 1 unspecified atom stereocenters. The topological polar surface area (TPSA) is 29.1 Å². The van der Waals surface area contributed by atoms with Gasteiger partial charge in [0.05, 0.1) is 5.38 Å². The zero-order chi connectivity index (χ0) is 13.4. The molecule has 0 saturated heterocycles. The van der Waals surface area contributed by atoms with Crippen LogP contribution in [0.15, 0.2) is 34.1 Å². The monoisotopic (exact) mass is 355 g/mol. The molecule has 2 nitrogen and oxygen atoms in total. The van der Waals surface area contributed by atoms with E-state index in [9.17, 15) is 4.79 Å². The largest absolute Gasteiger partial charge is 0.326 e. The van der Waals surface area contributed by atoms with Crippen molar-refractivity contribution in [3.8, 4) is 0 Å². The number of hydrogen-bond donors (Lipinski definition) is 1. The summed E-state index contributed by atoms with van der Waals surface area (Å²) in [5.74, 6) is 0.0867. The Morgan fingerprint density at radius 2 is 2.16 bits per heavy atom. The van der Waals surface area contributed by atoms with Crippen LogP contribution in [0, 0.1) is 0 Å². The zero-order valence-electron chi connectivity index (χ0n) is 9.95. The molecule has 1 N–H and O–H groups in total. The third-order valence-electron chi connectivity index (χ3n) is 3.19. The van der Waals surface area contributed by atoms with E-state index in [0.29, 0.717) is 6.42 Å². The Kier molecular flexibility index (Phi) is 3.65. The van der Waals surface area contributed by atoms with Crippen molar-refractivity contribution < 1.29 is 4.79 Å². The first-order valence-corrected chi connectivity index (χ1v) is 8.05. The molecular formula is C14H11BrClNOS. The van der Waals surface area contributed by atoms with Crippen LogP contribution in [0.25, 0.3) is 0 Å². The fourth-order valence-electron chi connectivity index (χ4n) is 2.20. The van der Waals surface area contributed by atoms with Crippen LogP contribution in [0.1, 0.15) is 27.8 Å². The highest BCUT2D eigenvalue weighted by molar-refractivity contribution is 9.10. The van der Waals surface area contributed by atoms with E-state index in [0.717, 1.165) is 32.6 Å². The average molecular weight is 357 g/mol. The smallest absolute Gasteiger partial charge is 0.224 e. The number of carbonyl (C=O) groups is 1. The predicted octanol–water partition coefficient (Wildman–Crippen LogP) is 4.72. The van der Waals surface area contributed by atoms with Gasteiger partial charge >= 0.3 is 0 Å². The van der Waals surface area contributed by atoms with Gasteiger partial charge in [-0.25, -0.2) is 0 Å². The summed E-state index contributed by atoms with van der Waals surface area (Å²) >= 11 is 11.7. The number of carbonyl (C=O) groups excluding carboxylic acids is 1. The molecule has 1 aliphatic heterocycles. The van der Waals surface area contributed by atoms with Crippen LogP contribution in [0.2, 0.25) is 0 Å². The van der Waals surface area contributed by atoms with Crippen molar-refractivity contribution in [3.63, 3.8) is 0 Å². The van der Waals surface area contributed by atoms with Gasteiger partial charge in [-0.3, -0.25) is 4.79 Å². The van der Waals surface area contributed by atoms with Crippen LogP contribution in [0.3, 0.4) is 0 Å². The summed E-state index contributed by atoms with van der Waals surface area (Å²) in [7, 11) is 0. The van der Waals surface area contributed by atoms with Gasteiger partial charge in [0, 0.05) is 21.5 Å². The fraction of sp³-hybridized carbons (Fsp3) is 0.214. The maximum Gasteiger partial charge on any atom is 0.224 e. The Morgan fingerprint density at radius 1 is 1.32 bits per heavy atom. The minimum Gasteiger partial charge on any atom is -0.326 e. The first-order chi connectivity index (χ1) is 9.15. The van der Waals surface area contributed by atoms with Crippen molar-refractivity contribution in [2.24, 2.45) is 0 Å². The Hall–Kier alpha value is -0.840. The lowest BCUT2D eigenvalue weighted by atomic mass is 9.99. The van der Waals surface area contributed by atoms with Gasteiger partial charge < -0.3 is 5.32 Å². The van der Waals surface area contributed by atoms with Crippen LogP contribution >= 0.6 is 38.9 Å². The van der Waals surface area contributed by atoms with Crippen LogP contribution in [-0.4, -0.2) is 5.91 Å². The maximum absolute atomic E-state index is 11.3. The first-order valence-electron chi connectivity index (χ1n) is 5.95. The molecule has 3 rings (SSSR count). The lowest BCUT2D eigenvalue weighted by Crippen LogP contribution is -2.19. The van der Waals surface area contributed by atoms with E-state index in [1.54, 1.807) is 11.3 Å². The second-order valence-electron chi connectivity index (χ2n) is 4.46. The molecule has 1 aromatic carbocycles. The third kappa shape index (κ3) is 2.57. The standard InChI is InChI=1S/C14H11BrClNOS/c15-10-5-6-19-14(10)13(16)9-1-3-11-8(7-9)2-4-12(18)17-11/h1,3,5-7,13H,2,4H2,(H,17,18). The van der Waals surface area contributed by atoms with Crippen molar-refractivity contribution in [2.75, 3.05) is 5.32 Å². The van der Waals surface area contributed by atoms with E-state index in [1.807, 2.05) is 23.6 Å². The molecule has 2 heterocycles. The number of amides is 1. The van der Waals surface area contributed by atoms with Crippen LogP contribution < -0.4 is 5.32 Å². The number of alkyl halides is 1. The number of nitrogens with one attached hydrogen (secondary N) is 1. The summed E-state index contributed by atoms with van der Waals surface area (Å²) < 4.78 is 1.04. The molecule has 98 valence electrons. The second-order valence-corrected chi connectivity index (χ2v) is 6.70. The number of rotatable bonds is 2. The number of thiophene rings is 1. The summed E-state index contributed by atoms with van der Waals surface area (Å²) in [6.45, 7) is 0. The molecular weight excluding hydrogens is 346 g/mol. The highest BCUT2D eigenvalue weighted by Crippen LogP contribution is 2.39. The van der Waals surface area contributed by atoms with Crippen molar-refractivity contribution in [2.45, 2.75) is 18.2 Å². The lowest BCUT2D eigenvalue weighted by Gasteiger charge is -2.19. The minimum absolute atomic E-state index is 0.0867. The number of halogens is 2. The van der Waals surface area contributed by atoms with Crippen molar-refractivity contribution >= 4 is 50.5 Å². The summed E-state index contributed by atoms with van der Waals surface area (Å²) in [6.07, 6.45) is 1.33. The zero-order valence-corrected chi connectivity index (χ0v) is 13.1. The van der Waals surface area contributed by atoms with Gasteiger partial charge in [-0.05, 0) is 51.0 Å². The second kappa shape index (κ2) is 5.27. The van der Waals surface area contributed by atoms with Crippen molar-refractivity contribution in [1.82, 2.24) is 0 Å². The molecule has 0 radical (unpaired) electrons. The molecule has 0 fully saturated rings. The molecule has 0 aliphatic carbocycles. The van der Waals surface area contributed by atoms with E-state index < -0.39 is 0 Å². The van der Waals surface area contributed by atoms with Gasteiger partial charge in [-0.1, -0.05) is 12.1 Å². The van der Waals surface area contributed by atoms with Gasteiger partial charge in [0.2, 0.25) is 5.91 Å². The molecule has 1 aliphatic rings. The lowest BCUT2D eigenvalue weighted by molar-refractivity contribution is -0.116. The quantitative estimate of drug-likeness (QED) is 0.775. The van der Waals surface area contributed by atoms with Crippen LogP contribution in [0.5, 0.6) is 0 Å². The molecule has 1 amide bonds. The van der Waals surface area contributed by atoms with E-state index in [4.69, 9.17) is 11.6 Å². The molecule has 0 bridgehead atoms. The Morgan fingerprint density at radius 3 is 2.89 bits per heavy atom. The van der Waals surface area contributed by atoms with E-state index >= 15 is 0 Å². The molecule has 1 atom stereocenters. The molecule has 1 aromatic heterocycles. The maximum atomic E-state index is 11.3. The molecule has 19 heavy (non-hydrogen) atoms. The average Bonchev–Trinajstić information content (AvgIpc) is 2.83. The van der Waals surface area contributed by atoms with Gasteiger partial charge in [0.15, 0.2) is 0 Å². The Balaban J connectivity index is 1.94. The number of hydrogen-bond acceptors (Lipinski definition) is 2. The molecule has 5 heteroatoms. The predicted molar refractivity (Wildman–Crippen MR) is 83.1 cm³/mol. The van der Waals surface area contributed by atoms with Crippen molar-refractivity contribution in [1.29, 1.82) is 0 Å². The molecule has 0 spiro atoms. The van der Waals surface area contributed by atoms with Gasteiger partial charge in [0.1, 0.15) is 0 Å². The van der Waals surface area contributed by atoms with Crippen LogP contribution in [0.4, 0.5) is 5.69 Å². The Labute approximate surface area is 128 Å². The SMILES string of the molecule is O=C1CCc2cc(C(Cl)c3sccc3Br)ccc2N1. The summed E-state index contributed by atoms with van der Waals surface area (Å²) in [5, 5.41) is 4.75. The number of anilines is 1. The summed E-state index contributed by atoms with van der Waals surface area (Å²) in [5.41, 5.74) is 3.14. The highest BCUT2D eigenvalue weighted by Gasteiger charge is 2.19. The highest BCUT2D eigenvalue weighted by atomic mass is 79.9. The van der Waals surface area contributed by atoms with Crippen molar-refractivity contribution in [3.05, 3.63) is 50.1 Å². The third-order valence-corrected chi connectivity index (χ3v) is 5.73. The normalized spacial score (nSPS) is 15.8. The summed E-state index contributed by atoms with van der Waals surface area (Å²) in [6, 6.07) is 8.03. The molecule has 2 aromatic rings. The number of fused-ring (bicyclic) bond motifs is 1. The molecule has 0 saturated carbocycles. The van der Waals surface area contributed by atoms with E-state index in [-0.39, 0.29) is 11.3 Å². The number of aryl methyl sites for hydroxylation is 1. The van der Waals surface area contributed by atoms with Gasteiger partial charge in [-0.15, -0.1) is 22.9 Å². The van der Waals surface area contributed by atoms with Gasteiger partial charge in [0.25, 0.3) is 0 Å². The fourth-order valence-corrected chi connectivity index (χ4v) is 4.34. The Bertz CT molecular complexity index is 640. The van der Waals surface area contributed by atoms with Crippen LogP contribution in [-0.2, 0) is 11.2 Å². The first kappa shape index (κ1) is 13.2. The number of benzene rings is 1. The summed E-state index contributed by atoms with van der Waals surface area (Å²) in [4.78, 5) is 12.4. The van der Waals surface area contributed by atoms with E-state index in [2.05, 4.69) is 27.3 Å². The van der Waals surface area contributed by atoms with Gasteiger partial charge in [-0.2, -0.15) is 0 Å². The minimum atomic E-state index is -0.155.